The molecule has 1 aliphatic carbocycles. The van der Waals surface area contributed by atoms with Gasteiger partial charge in [-0.25, -0.2) is 11.6 Å². The second kappa shape index (κ2) is 9.20. The van der Waals surface area contributed by atoms with Crippen molar-refractivity contribution in [3.63, 3.8) is 0 Å². The molecule has 0 aromatic carbocycles. The van der Waals surface area contributed by atoms with E-state index >= 15 is 0 Å². The predicted octanol–water partition coefficient (Wildman–Crippen LogP) is -3.47. The van der Waals surface area contributed by atoms with Gasteiger partial charge in [0.15, 0.2) is 8.32 Å². The van der Waals surface area contributed by atoms with Gasteiger partial charge in [-0.15, -0.1) is 6.42 Å². The minimum atomic E-state index is -1.39. The molecule has 5 heteroatoms. The summed E-state index contributed by atoms with van der Waals surface area (Å²) < 4.78 is 5.44. The maximum Gasteiger partial charge on any atom is 3.00 e. The minimum Gasteiger partial charge on any atom is -1.00 e. The van der Waals surface area contributed by atoms with Gasteiger partial charge in [0, 0.05) is 7.11 Å². The Bertz CT molecular complexity index is 205. The molecule has 0 unspecified atom stereocenters. The molecular formula is C9H15Cl2OSiTi. The summed E-state index contributed by atoms with van der Waals surface area (Å²) in [5.74, 6) is 0. The van der Waals surface area contributed by atoms with Gasteiger partial charge in [0.05, 0.1) is 0 Å². The molecule has 0 saturated carbocycles. The molecule has 0 heterocycles. The quantitative estimate of drug-likeness (QED) is 0.387. The molecule has 1 rings (SSSR count). The van der Waals surface area contributed by atoms with Crippen molar-refractivity contribution < 1.29 is 51.0 Å². The molecule has 1 aliphatic rings. The van der Waals surface area contributed by atoms with E-state index in [0.29, 0.717) is 0 Å². The standard InChI is InChI=1S/C9H15OSi.2ClH.Ti/c1-10-11(2,3)8-9-6-4-5-7-9;;;/h4,6H,5,8H2,1-3H3;2*1H;/q-1;;;+3/p-2. The first-order valence-corrected chi connectivity index (χ1v) is 7.07. The largest absolute Gasteiger partial charge is 3.00 e. The normalized spacial score (nSPS) is 13.5. The van der Waals surface area contributed by atoms with Crippen molar-refractivity contribution >= 4 is 8.32 Å². The number of halogens is 2. The first kappa shape index (κ1) is 20.4. The van der Waals surface area contributed by atoms with Crippen molar-refractivity contribution in [1.29, 1.82) is 0 Å². The molecule has 0 spiro atoms. The molecule has 0 bridgehead atoms. The van der Waals surface area contributed by atoms with E-state index in [0.717, 1.165) is 12.5 Å². The Morgan fingerprint density at radius 1 is 1.43 bits per heavy atom. The van der Waals surface area contributed by atoms with Crippen molar-refractivity contribution in [2.45, 2.75) is 25.6 Å². The summed E-state index contributed by atoms with van der Waals surface area (Å²) in [6.07, 6.45) is 8.61. The van der Waals surface area contributed by atoms with Gasteiger partial charge in [0.1, 0.15) is 0 Å². The van der Waals surface area contributed by atoms with Crippen LogP contribution in [0.15, 0.2) is 17.7 Å². The number of rotatable bonds is 3. The molecule has 0 saturated heterocycles. The third kappa shape index (κ3) is 7.27. The molecule has 79 valence electrons. The zero-order chi connectivity index (χ0) is 8.32. The van der Waals surface area contributed by atoms with Gasteiger partial charge in [0.25, 0.3) is 0 Å². The molecule has 0 fully saturated rings. The molecule has 14 heavy (non-hydrogen) atoms. The van der Waals surface area contributed by atoms with E-state index in [4.69, 9.17) is 4.43 Å². The van der Waals surface area contributed by atoms with Gasteiger partial charge < -0.3 is 29.2 Å². The fourth-order valence-electron chi connectivity index (χ4n) is 1.10. The van der Waals surface area contributed by atoms with Gasteiger partial charge >= 0.3 is 21.7 Å². The molecule has 0 atom stereocenters. The third-order valence-electron chi connectivity index (χ3n) is 1.93. The summed E-state index contributed by atoms with van der Waals surface area (Å²) in [5, 5.41) is 0. The minimum absolute atomic E-state index is 0. The van der Waals surface area contributed by atoms with Crippen LogP contribution < -0.4 is 24.8 Å². The fraction of sp³-hybridized carbons (Fsp3) is 0.556. The summed E-state index contributed by atoms with van der Waals surface area (Å²) in [5.41, 5.74) is 1.34. The average molecular weight is 286 g/mol. The topological polar surface area (TPSA) is 9.23 Å². The maximum atomic E-state index is 5.44. The average Bonchev–Trinajstić information content (AvgIpc) is 2.39. The van der Waals surface area contributed by atoms with Gasteiger partial charge in [-0.1, -0.05) is 0 Å². The number of hydrogen-bond donors (Lipinski definition) is 0. The van der Waals surface area contributed by atoms with Crippen LogP contribution in [0.2, 0.25) is 19.1 Å². The molecular weight excluding hydrogens is 271 g/mol. The van der Waals surface area contributed by atoms with Gasteiger partial charge in [0.2, 0.25) is 0 Å². The van der Waals surface area contributed by atoms with Gasteiger partial charge in [-0.05, 0) is 19.1 Å². The zero-order valence-corrected chi connectivity index (χ0v) is 12.8. The maximum absolute atomic E-state index is 5.44. The number of allylic oxidation sites excluding steroid dienone is 4. The molecule has 0 aromatic rings. The van der Waals surface area contributed by atoms with E-state index in [2.05, 4.69) is 31.3 Å². The Kier molecular flexibility index (Phi) is 13.4. The second-order valence-electron chi connectivity index (χ2n) is 3.45. The predicted molar refractivity (Wildman–Crippen MR) is 49.8 cm³/mol. The van der Waals surface area contributed by atoms with Crippen LogP contribution in [0.5, 0.6) is 0 Å². The monoisotopic (exact) mass is 285 g/mol. The Labute approximate surface area is 115 Å². The van der Waals surface area contributed by atoms with Gasteiger partial charge in [-0.2, -0.15) is 6.08 Å². The summed E-state index contributed by atoms with van der Waals surface area (Å²) in [7, 11) is 0.418. The summed E-state index contributed by atoms with van der Waals surface area (Å²) in [6, 6.07) is 1.10. The van der Waals surface area contributed by atoms with Crippen LogP contribution in [0.1, 0.15) is 6.42 Å². The van der Waals surface area contributed by atoms with E-state index in [1.54, 1.807) is 0 Å². The third-order valence-corrected chi connectivity index (χ3v) is 4.27. The first-order valence-electron chi connectivity index (χ1n) is 3.95. The van der Waals surface area contributed by atoms with Crippen LogP contribution in [0.25, 0.3) is 0 Å². The van der Waals surface area contributed by atoms with E-state index < -0.39 is 8.32 Å². The second-order valence-corrected chi connectivity index (χ2v) is 7.73. The van der Waals surface area contributed by atoms with Crippen molar-refractivity contribution in [3.05, 3.63) is 23.8 Å². The van der Waals surface area contributed by atoms with Crippen LogP contribution >= 0.6 is 0 Å². The first-order chi connectivity index (χ1) is 5.14. The molecule has 0 N–H and O–H groups in total. The van der Waals surface area contributed by atoms with Crippen molar-refractivity contribution in [2.24, 2.45) is 0 Å². The van der Waals surface area contributed by atoms with Crippen LogP contribution in [-0.4, -0.2) is 15.4 Å². The molecule has 0 aromatic heterocycles. The fourth-order valence-corrected chi connectivity index (χ4v) is 2.41. The Morgan fingerprint density at radius 3 is 2.36 bits per heavy atom. The van der Waals surface area contributed by atoms with Crippen molar-refractivity contribution in [3.8, 4) is 0 Å². The molecule has 0 aliphatic heterocycles. The van der Waals surface area contributed by atoms with Crippen LogP contribution in [0.3, 0.4) is 0 Å². The van der Waals surface area contributed by atoms with Crippen molar-refractivity contribution in [1.82, 2.24) is 0 Å². The van der Waals surface area contributed by atoms with E-state index in [-0.39, 0.29) is 46.5 Å². The summed E-state index contributed by atoms with van der Waals surface area (Å²) in [4.78, 5) is 0. The summed E-state index contributed by atoms with van der Waals surface area (Å²) >= 11 is 0. The molecule has 1 radical (unpaired) electrons. The van der Waals surface area contributed by atoms with Crippen LogP contribution in [0, 0.1) is 6.08 Å². The van der Waals surface area contributed by atoms with Gasteiger partial charge in [-0.3, -0.25) is 6.08 Å². The summed E-state index contributed by atoms with van der Waals surface area (Å²) in [6.45, 7) is 4.46. The molecule has 1 nitrogen and oxygen atoms in total. The van der Waals surface area contributed by atoms with Crippen LogP contribution in [-0.2, 0) is 26.1 Å². The number of hydrogen-bond acceptors (Lipinski definition) is 1. The van der Waals surface area contributed by atoms with Crippen molar-refractivity contribution in [2.75, 3.05) is 7.11 Å². The Hall–Kier alpha value is 0.951. The van der Waals surface area contributed by atoms with E-state index in [9.17, 15) is 0 Å². The SMILES string of the molecule is CO[Si](C)(C)CC1=[C-]CC=C1.[Cl-].[Cl-].[Ti+3]. The smallest absolute Gasteiger partial charge is 1.00 e. The Balaban J connectivity index is -0.000000403. The molecule has 0 amide bonds. The van der Waals surface area contributed by atoms with E-state index in [1.165, 1.54) is 5.57 Å². The zero-order valence-electron chi connectivity index (χ0n) is 8.73. The van der Waals surface area contributed by atoms with E-state index in [1.807, 2.05) is 7.11 Å². The Morgan fingerprint density at radius 2 is 2.00 bits per heavy atom. The van der Waals surface area contributed by atoms with Crippen LogP contribution in [0.4, 0.5) is 0 Å².